The van der Waals surface area contributed by atoms with Crippen LogP contribution in [0.5, 0.6) is 0 Å². The molecule has 3 N–H and O–H groups in total. The Labute approximate surface area is 189 Å². The van der Waals surface area contributed by atoms with Gasteiger partial charge in [0.15, 0.2) is 11.5 Å². The number of rotatable bonds is 5. The van der Waals surface area contributed by atoms with Crippen molar-refractivity contribution in [1.82, 2.24) is 15.5 Å². The number of hydrogen-bond acceptors (Lipinski definition) is 7. The highest BCUT2D eigenvalue weighted by molar-refractivity contribution is 6.04. The number of hydrogen-bond donors (Lipinski definition) is 3. The van der Waals surface area contributed by atoms with Crippen LogP contribution in [0.3, 0.4) is 0 Å². The van der Waals surface area contributed by atoms with Gasteiger partial charge < -0.3 is 25.8 Å². The third kappa shape index (κ3) is 3.51. The number of para-hydroxylation sites is 1. The summed E-state index contributed by atoms with van der Waals surface area (Å²) in [4.78, 5) is 41.3. The number of fused-ring (bicyclic) bond motifs is 3. The lowest BCUT2D eigenvalue weighted by atomic mass is 10.1. The fourth-order valence-corrected chi connectivity index (χ4v) is 4.38. The van der Waals surface area contributed by atoms with Crippen molar-refractivity contribution in [3.05, 3.63) is 30.0 Å². The zero-order valence-electron chi connectivity index (χ0n) is 20.5. The van der Waals surface area contributed by atoms with Crippen LogP contribution < -0.4 is 25.8 Å². The number of likely N-dealkylation sites (N-methyl/N-ethyl adjacent to an activating group) is 1. The standard InChI is InChI=1S/C22H25N7O3/c1-23-22(32)19-15(10-17(26-27-19)25-21(31)12-6-7-12)24-14-4-3-5-16-20(14)28(2)11-13-8-9-18(30)29(13)16/h3-5,10,12-13H,6-9,11H2,1-2H3,(H,23,32)(H2,24,25,26,31)/t13-/m0/s1/i1D3. The molecular formula is C22H25N7O3. The van der Waals surface area contributed by atoms with Gasteiger partial charge in [0.25, 0.3) is 5.91 Å². The summed E-state index contributed by atoms with van der Waals surface area (Å²) in [6, 6.07) is 7.02. The predicted molar refractivity (Wildman–Crippen MR) is 120 cm³/mol. The number of benzene rings is 1. The molecule has 10 heteroatoms. The average molecular weight is 439 g/mol. The van der Waals surface area contributed by atoms with Crippen LogP contribution in [-0.2, 0) is 9.59 Å². The number of aromatic nitrogens is 2. The number of nitrogens with zero attached hydrogens (tertiary/aromatic N) is 4. The molecule has 3 heterocycles. The summed E-state index contributed by atoms with van der Waals surface area (Å²) < 4.78 is 22.1. The molecule has 2 aromatic rings. The van der Waals surface area contributed by atoms with Gasteiger partial charge in [-0.2, -0.15) is 0 Å². The van der Waals surface area contributed by atoms with E-state index in [2.05, 4.69) is 20.8 Å². The fourth-order valence-electron chi connectivity index (χ4n) is 4.38. The van der Waals surface area contributed by atoms with Gasteiger partial charge in [-0.15, -0.1) is 10.2 Å². The first kappa shape index (κ1) is 16.9. The highest BCUT2D eigenvalue weighted by Crippen LogP contribution is 2.44. The smallest absolute Gasteiger partial charge is 0.273 e. The first-order chi connectivity index (χ1) is 16.6. The molecule has 1 aromatic carbocycles. The summed E-state index contributed by atoms with van der Waals surface area (Å²) >= 11 is 0. The first-order valence-electron chi connectivity index (χ1n) is 12.0. The van der Waals surface area contributed by atoms with Crippen molar-refractivity contribution < 1.29 is 18.5 Å². The van der Waals surface area contributed by atoms with Gasteiger partial charge in [-0.3, -0.25) is 14.4 Å². The van der Waals surface area contributed by atoms with E-state index in [-0.39, 0.29) is 41.0 Å². The first-order valence-corrected chi connectivity index (χ1v) is 10.5. The summed E-state index contributed by atoms with van der Waals surface area (Å²) in [6.07, 6.45) is 2.90. The third-order valence-corrected chi connectivity index (χ3v) is 6.06. The van der Waals surface area contributed by atoms with Crippen molar-refractivity contribution in [2.45, 2.75) is 31.7 Å². The van der Waals surface area contributed by atoms with E-state index in [0.717, 1.165) is 30.6 Å². The van der Waals surface area contributed by atoms with Crippen molar-refractivity contribution in [3.8, 4) is 0 Å². The van der Waals surface area contributed by atoms with E-state index in [1.165, 1.54) is 6.07 Å². The van der Waals surface area contributed by atoms with Gasteiger partial charge in [-0.1, -0.05) is 6.07 Å². The number of nitrogens with one attached hydrogen (secondary N) is 3. The Kier molecular flexibility index (Phi) is 4.11. The van der Waals surface area contributed by atoms with Crippen LogP contribution in [0.1, 0.15) is 40.3 Å². The summed E-state index contributed by atoms with van der Waals surface area (Å²) in [6.45, 7) is -2.06. The van der Waals surface area contributed by atoms with Crippen molar-refractivity contribution in [1.29, 1.82) is 0 Å². The molecule has 0 spiro atoms. The fraction of sp³-hybridized carbons (Fsp3) is 0.409. The Morgan fingerprint density at radius 2 is 2.03 bits per heavy atom. The Morgan fingerprint density at radius 1 is 1.19 bits per heavy atom. The van der Waals surface area contributed by atoms with E-state index in [0.29, 0.717) is 18.7 Å². The maximum atomic E-state index is 12.7. The highest BCUT2D eigenvalue weighted by Gasteiger charge is 2.39. The summed E-state index contributed by atoms with van der Waals surface area (Å²) in [5, 5.41) is 15.6. The van der Waals surface area contributed by atoms with Crippen LogP contribution >= 0.6 is 0 Å². The molecule has 32 heavy (non-hydrogen) atoms. The van der Waals surface area contributed by atoms with E-state index >= 15 is 0 Å². The lowest BCUT2D eigenvalue weighted by Gasteiger charge is -2.39. The van der Waals surface area contributed by atoms with Gasteiger partial charge in [0.1, 0.15) is 0 Å². The largest absolute Gasteiger partial charge is 0.369 e. The van der Waals surface area contributed by atoms with Crippen molar-refractivity contribution >= 4 is 46.3 Å². The van der Waals surface area contributed by atoms with Crippen LogP contribution in [0, 0.1) is 5.92 Å². The summed E-state index contributed by atoms with van der Waals surface area (Å²) in [5.41, 5.74) is 2.05. The second kappa shape index (κ2) is 7.77. The van der Waals surface area contributed by atoms with Crippen LogP contribution in [0.15, 0.2) is 24.3 Å². The van der Waals surface area contributed by atoms with Crippen molar-refractivity contribution in [2.75, 3.05) is 41.0 Å². The monoisotopic (exact) mass is 438 g/mol. The Bertz CT molecular complexity index is 1220. The molecule has 0 bridgehead atoms. The van der Waals surface area contributed by atoms with E-state index in [1.807, 2.05) is 28.2 Å². The van der Waals surface area contributed by atoms with Crippen LogP contribution in [0.4, 0.5) is 28.6 Å². The zero-order valence-corrected chi connectivity index (χ0v) is 17.5. The Morgan fingerprint density at radius 3 is 2.81 bits per heavy atom. The normalized spacial score (nSPS) is 21.1. The molecule has 2 aliphatic heterocycles. The van der Waals surface area contributed by atoms with Gasteiger partial charge >= 0.3 is 0 Å². The molecule has 3 amide bonds. The quantitative estimate of drug-likeness (QED) is 0.652. The van der Waals surface area contributed by atoms with Gasteiger partial charge in [-0.05, 0) is 31.4 Å². The zero-order chi connectivity index (χ0) is 24.9. The van der Waals surface area contributed by atoms with E-state index in [4.69, 9.17) is 4.11 Å². The van der Waals surface area contributed by atoms with E-state index in [9.17, 15) is 14.4 Å². The molecule has 5 rings (SSSR count). The Hall–Kier alpha value is -3.69. The third-order valence-electron chi connectivity index (χ3n) is 6.06. The molecule has 0 unspecified atom stereocenters. The van der Waals surface area contributed by atoms with E-state index in [1.54, 1.807) is 12.1 Å². The number of amides is 3. The number of carbonyl (C=O) groups excluding carboxylic acids is 3. The minimum atomic E-state index is -2.72. The summed E-state index contributed by atoms with van der Waals surface area (Å²) in [5.74, 6) is -0.974. The molecule has 1 atom stereocenters. The molecule has 166 valence electrons. The molecule has 1 aliphatic carbocycles. The SMILES string of the molecule is [2H]C([2H])([2H])NC(=O)c1nnc(NC(=O)C2CC2)cc1Nc1cccc2c1N(C)C[C@@H]1CCC(=O)N21. The topological polar surface area (TPSA) is 120 Å². The van der Waals surface area contributed by atoms with Gasteiger partial charge in [-0.25, -0.2) is 0 Å². The molecular weight excluding hydrogens is 410 g/mol. The minimum Gasteiger partial charge on any atom is -0.369 e. The van der Waals surface area contributed by atoms with Crippen LogP contribution in [0.2, 0.25) is 0 Å². The molecule has 1 saturated carbocycles. The van der Waals surface area contributed by atoms with Crippen LogP contribution in [0.25, 0.3) is 0 Å². The number of carbonyl (C=O) groups is 3. The van der Waals surface area contributed by atoms with Gasteiger partial charge in [0, 0.05) is 43.1 Å². The molecule has 3 aliphatic rings. The van der Waals surface area contributed by atoms with E-state index < -0.39 is 12.9 Å². The van der Waals surface area contributed by atoms with Crippen molar-refractivity contribution in [3.63, 3.8) is 0 Å². The summed E-state index contributed by atoms with van der Waals surface area (Å²) in [7, 11) is 1.93. The number of anilines is 5. The predicted octanol–water partition coefficient (Wildman–Crippen LogP) is 1.87. The lowest BCUT2D eigenvalue weighted by molar-refractivity contribution is -0.118. The minimum absolute atomic E-state index is 0.0625. The van der Waals surface area contributed by atoms with Gasteiger partial charge in [0.2, 0.25) is 11.8 Å². The molecule has 1 saturated heterocycles. The molecule has 1 aromatic heterocycles. The molecule has 0 radical (unpaired) electrons. The lowest BCUT2D eigenvalue weighted by Crippen LogP contribution is -2.46. The molecule has 10 nitrogen and oxygen atoms in total. The Balaban J connectivity index is 1.52. The highest BCUT2D eigenvalue weighted by atomic mass is 16.2. The average Bonchev–Trinajstić information content (AvgIpc) is 3.56. The van der Waals surface area contributed by atoms with Crippen molar-refractivity contribution in [2.24, 2.45) is 5.92 Å². The van der Waals surface area contributed by atoms with Crippen LogP contribution in [-0.4, -0.2) is 54.5 Å². The second-order valence-electron chi connectivity index (χ2n) is 8.34. The van der Waals surface area contributed by atoms with Gasteiger partial charge in [0.05, 0.1) is 28.8 Å². The maximum Gasteiger partial charge on any atom is 0.273 e. The maximum absolute atomic E-state index is 12.7. The molecule has 2 fully saturated rings. The second-order valence-corrected chi connectivity index (χ2v) is 8.34.